The first kappa shape index (κ1) is 13.4. The smallest absolute Gasteiger partial charge is 0.311 e. The minimum atomic E-state index is -0.724. The minimum Gasteiger partial charge on any atom is -0.355 e. The summed E-state index contributed by atoms with van der Waals surface area (Å²) in [5, 5.41) is 7.92. The van der Waals surface area contributed by atoms with Gasteiger partial charge in [-0.2, -0.15) is 0 Å². The second-order valence-corrected chi connectivity index (χ2v) is 3.68. The van der Waals surface area contributed by atoms with E-state index in [-0.39, 0.29) is 12.5 Å². The van der Waals surface area contributed by atoms with E-state index in [4.69, 9.17) is 0 Å². The van der Waals surface area contributed by atoms with Gasteiger partial charge in [-0.25, -0.2) is 0 Å². The van der Waals surface area contributed by atoms with Crippen LogP contribution in [-0.4, -0.2) is 61.9 Å². The molecule has 1 aliphatic rings. The van der Waals surface area contributed by atoms with Gasteiger partial charge in [0.1, 0.15) is 0 Å². The summed E-state index contributed by atoms with van der Waals surface area (Å²) in [6.07, 6.45) is 0. The average molecular weight is 242 g/mol. The van der Waals surface area contributed by atoms with Crippen molar-refractivity contribution >= 4 is 17.7 Å². The number of rotatable bonds is 3. The Labute approximate surface area is 99.9 Å². The molecule has 96 valence electrons. The Balaban J connectivity index is 2.31. The number of amides is 3. The highest BCUT2D eigenvalue weighted by Gasteiger charge is 2.23. The van der Waals surface area contributed by atoms with E-state index in [1.807, 2.05) is 0 Å². The predicted octanol–water partition coefficient (Wildman–Crippen LogP) is -2.33. The van der Waals surface area contributed by atoms with Crippen molar-refractivity contribution in [1.29, 1.82) is 0 Å². The van der Waals surface area contributed by atoms with Crippen molar-refractivity contribution in [3.63, 3.8) is 0 Å². The largest absolute Gasteiger partial charge is 0.355 e. The molecule has 1 heterocycles. The molecule has 17 heavy (non-hydrogen) atoms. The van der Waals surface area contributed by atoms with Gasteiger partial charge in [0.05, 0.1) is 6.54 Å². The molecule has 0 atom stereocenters. The van der Waals surface area contributed by atoms with E-state index >= 15 is 0 Å². The van der Waals surface area contributed by atoms with Crippen molar-refractivity contribution in [2.45, 2.75) is 6.92 Å². The fraction of sp³-hybridized carbons (Fsp3) is 0.700. The molecule has 0 aliphatic carbocycles. The molecule has 0 aromatic carbocycles. The van der Waals surface area contributed by atoms with Crippen LogP contribution in [0.15, 0.2) is 0 Å². The Morgan fingerprint density at radius 1 is 1.18 bits per heavy atom. The van der Waals surface area contributed by atoms with E-state index in [1.54, 1.807) is 6.92 Å². The predicted molar refractivity (Wildman–Crippen MR) is 61.1 cm³/mol. The lowest BCUT2D eigenvalue weighted by Crippen LogP contribution is -2.52. The third kappa shape index (κ3) is 4.39. The fourth-order valence-corrected chi connectivity index (χ4v) is 1.51. The molecule has 0 saturated carbocycles. The molecular weight excluding hydrogens is 224 g/mol. The molecule has 1 fully saturated rings. The van der Waals surface area contributed by atoms with Gasteiger partial charge < -0.3 is 20.9 Å². The first-order valence-electron chi connectivity index (χ1n) is 5.69. The van der Waals surface area contributed by atoms with Crippen molar-refractivity contribution in [1.82, 2.24) is 20.9 Å². The van der Waals surface area contributed by atoms with Crippen LogP contribution in [-0.2, 0) is 14.4 Å². The van der Waals surface area contributed by atoms with Gasteiger partial charge >= 0.3 is 11.8 Å². The third-order valence-electron chi connectivity index (χ3n) is 2.38. The maximum atomic E-state index is 11.6. The van der Waals surface area contributed by atoms with Crippen molar-refractivity contribution < 1.29 is 14.4 Å². The summed E-state index contributed by atoms with van der Waals surface area (Å²) in [5.74, 6) is -1.59. The molecule has 0 bridgehead atoms. The topological polar surface area (TPSA) is 90.5 Å². The van der Waals surface area contributed by atoms with E-state index in [2.05, 4.69) is 16.0 Å². The van der Waals surface area contributed by atoms with Crippen molar-refractivity contribution in [2.75, 3.05) is 39.3 Å². The van der Waals surface area contributed by atoms with Crippen LogP contribution >= 0.6 is 0 Å². The normalized spacial score (nSPS) is 15.2. The van der Waals surface area contributed by atoms with Gasteiger partial charge in [0.2, 0.25) is 5.91 Å². The molecule has 3 N–H and O–H groups in total. The molecule has 0 unspecified atom stereocenters. The van der Waals surface area contributed by atoms with Crippen LogP contribution in [0, 0.1) is 0 Å². The summed E-state index contributed by atoms with van der Waals surface area (Å²) in [7, 11) is 0. The Kier molecular flexibility index (Phi) is 5.41. The summed E-state index contributed by atoms with van der Waals surface area (Å²) in [6.45, 7) is 4.54. The van der Waals surface area contributed by atoms with E-state index in [9.17, 15) is 14.4 Å². The maximum absolute atomic E-state index is 11.6. The molecule has 3 amide bonds. The highest BCUT2D eigenvalue weighted by atomic mass is 16.2. The summed E-state index contributed by atoms with van der Waals surface area (Å²) in [5.41, 5.74) is 0. The zero-order valence-corrected chi connectivity index (χ0v) is 9.91. The zero-order valence-electron chi connectivity index (χ0n) is 9.91. The number of carbonyl (C=O) groups is 3. The first-order chi connectivity index (χ1) is 8.15. The molecule has 0 aromatic rings. The summed E-state index contributed by atoms with van der Waals surface area (Å²) in [6, 6.07) is 0. The molecule has 0 spiro atoms. The molecule has 7 nitrogen and oxygen atoms in total. The Hall–Kier alpha value is -1.63. The second kappa shape index (κ2) is 6.85. The lowest BCUT2D eigenvalue weighted by atomic mass is 10.3. The summed E-state index contributed by atoms with van der Waals surface area (Å²) in [4.78, 5) is 35.6. The van der Waals surface area contributed by atoms with Gasteiger partial charge in [0.15, 0.2) is 0 Å². The number of hydrogen-bond donors (Lipinski definition) is 3. The first-order valence-corrected chi connectivity index (χ1v) is 5.69. The van der Waals surface area contributed by atoms with Crippen LogP contribution in [0.2, 0.25) is 0 Å². The van der Waals surface area contributed by atoms with Crippen LogP contribution in [0.3, 0.4) is 0 Å². The van der Waals surface area contributed by atoms with Gasteiger partial charge in [-0.3, -0.25) is 14.4 Å². The second-order valence-electron chi connectivity index (χ2n) is 3.68. The highest BCUT2D eigenvalue weighted by Crippen LogP contribution is 1.93. The van der Waals surface area contributed by atoms with Crippen LogP contribution in [0.1, 0.15) is 6.92 Å². The Morgan fingerprint density at radius 2 is 1.82 bits per heavy atom. The Morgan fingerprint density at radius 3 is 2.41 bits per heavy atom. The number of hydrogen-bond acceptors (Lipinski definition) is 4. The van der Waals surface area contributed by atoms with Gasteiger partial charge in [-0.1, -0.05) is 0 Å². The van der Waals surface area contributed by atoms with Crippen molar-refractivity contribution in [3.8, 4) is 0 Å². The number of carbonyl (C=O) groups excluding carboxylic acids is 3. The SMILES string of the molecule is CCNC(=O)CNC(=O)C(=O)N1CCNCC1. The van der Waals surface area contributed by atoms with E-state index < -0.39 is 11.8 Å². The van der Waals surface area contributed by atoms with Crippen LogP contribution in [0.25, 0.3) is 0 Å². The number of piperazine rings is 1. The van der Waals surface area contributed by atoms with Gasteiger partial charge in [-0.15, -0.1) is 0 Å². The van der Waals surface area contributed by atoms with E-state index in [1.165, 1.54) is 4.90 Å². The summed E-state index contributed by atoms with van der Waals surface area (Å²) < 4.78 is 0. The molecule has 1 saturated heterocycles. The highest BCUT2D eigenvalue weighted by molar-refractivity contribution is 6.35. The quantitative estimate of drug-likeness (QED) is 0.484. The monoisotopic (exact) mass is 242 g/mol. The van der Waals surface area contributed by atoms with Crippen molar-refractivity contribution in [3.05, 3.63) is 0 Å². The third-order valence-corrected chi connectivity index (χ3v) is 2.38. The van der Waals surface area contributed by atoms with E-state index in [0.717, 1.165) is 0 Å². The number of nitrogens with one attached hydrogen (secondary N) is 3. The van der Waals surface area contributed by atoms with Gasteiger partial charge in [0.25, 0.3) is 0 Å². The van der Waals surface area contributed by atoms with Crippen molar-refractivity contribution in [2.24, 2.45) is 0 Å². The molecular formula is C10H18N4O3. The van der Waals surface area contributed by atoms with Gasteiger partial charge in [0, 0.05) is 32.7 Å². The number of likely N-dealkylation sites (N-methyl/N-ethyl adjacent to an activating group) is 1. The number of nitrogens with zero attached hydrogens (tertiary/aromatic N) is 1. The lowest BCUT2D eigenvalue weighted by Gasteiger charge is -2.26. The van der Waals surface area contributed by atoms with E-state index in [0.29, 0.717) is 32.7 Å². The molecule has 0 aromatic heterocycles. The van der Waals surface area contributed by atoms with Crippen LogP contribution in [0.5, 0.6) is 0 Å². The summed E-state index contributed by atoms with van der Waals surface area (Å²) >= 11 is 0. The minimum absolute atomic E-state index is 0.162. The maximum Gasteiger partial charge on any atom is 0.311 e. The molecule has 1 rings (SSSR count). The van der Waals surface area contributed by atoms with Gasteiger partial charge in [-0.05, 0) is 6.92 Å². The van der Waals surface area contributed by atoms with Crippen LogP contribution < -0.4 is 16.0 Å². The zero-order chi connectivity index (χ0) is 12.7. The average Bonchev–Trinajstić information content (AvgIpc) is 2.36. The molecule has 1 aliphatic heterocycles. The Bertz CT molecular complexity index is 300. The fourth-order valence-electron chi connectivity index (χ4n) is 1.51. The molecule has 0 radical (unpaired) electrons. The lowest BCUT2D eigenvalue weighted by molar-refractivity contribution is -0.146. The van der Waals surface area contributed by atoms with Crippen LogP contribution in [0.4, 0.5) is 0 Å². The molecule has 7 heteroatoms. The standard InChI is InChI=1S/C10H18N4O3/c1-2-12-8(15)7-13-9(16)10(17)14-5-3-11-4-6-14/h11H,2-7H2,1H3,(H,12,15)(H,13,16).